The second-order valence-corrected chi connectivity index (χ2v) is 8.19. The molecule has 0 atom stereocenters. The van der Waals surface area contributed by atoms with Crippen molar-refractivity contribution in [3.05, 3.63) is 92.9 Å². The maximum absolute atomic E-state index is 12.1. The number of carbonyl (C=O) groups is 1. The summed E-state index contributed by atoms with van der Waals surface area (Å²) in [6.07, 6.45) is 0.109. The van der Waals surface area contributed by atoms with Crippen molar-refractivity contribution >= 4 is 33.6 Å². The molecule has 3 aromatic carbocycles. The number of hydrogen-bond acceptors (Lipinski definition) is 2. The summed E-state index contributed by atoms with van der Waals surface area (Å²) in [4.78, 5) is 12.1. The number of rotatable bonds is 4. The minimum absolute atomic E-state index is 0.0614. The molecule has 30 heavy (non-hydrogen) atoms. The molecule has 1 aliphatic rings. The van der Waals surface area contributed by atoms with Crippen molar-refractivity contribution in [3.8, 4) is 23.0 Å². The van der Waals surface area contributed by atoms with E-state index in [1.165, 1.54) is 22.3 Å². The fraction of sp³-hybridized carbons (Fsp3) is 0.160. The van der Waals surface area contributed by atoms with Crippen LogP contribution in [-0.4, -0.2) is 19.2 Å². The van der Waals surface area contributed by atoms with Crippen LogP contribution in [0.4, 0.5) is 4.79 Å². The highest BCUT2D eigenvalue weighted by Gasteiger charge is 2.28. The molecule has 0 radical (unpaired) electrons. The first-order valence-electron chi connectivity index (χ1n) is 9.66. The molecule has 5 heteroatoms. The maximum atomic E-state index is 12.1. The third-order valence-electron chi connectivity index (χ3n) is 5.02. The molecule has 0 unspecified atom stereocenters. The van der Waals surface area contributed by atoms with Crippen LogP contribution in [0.3, 0.4) is 0 Å². The Balaban J connectivity index is 1.29. The van der Waals surface area contributed by atoms with E-state index in [1.807, 2.05) is 36.4 Å². The molecule has 1 aliphatic carbocycles. The summed E-state index contributed by atoms with van der Waals surface area (Å²) in [5.74, 6) is 6.16. The lowest BCUT2D eigenvalue weighted by Gasteiger charge is -2.14. The van der Waals surface area contributed by atoms with E-state index in [9.17, 15) is 4.79 Å². The summed E-state index contributed by atoms with van der Waals surface area (Å²) in [5, 5.41) is 3.42. The summed E-state index contributed by atoms with van der Waals surface area (Å²) in [6.45, 7) is 0.739. The Morgan fingerprint density at radius 3 is 2.37 bits per heavy atom. The van der Waals surface area contributed by atoms with Gasteiger partial charge >= 0.3 is 6.09 Å². The average Bonchev–Trinajstić information content (AvgIpc) is 3.08. The van der Waals surface area contributed by atoms with Gasteiger partial charge in [0.15, 0.2) is 0 Å². The Kier molecular flexibility index (Phi) is 6.42. The van der Waals surface area contributed by atoms with Crippen molar-refractivity contribution in [2.24, 2.45) is 0 Å². The van der Waals surface area contributed by atoms with E-state index in [1.54, 1.807) is 6.07 Å². The van der Waals surface area contributed by atoms with E-state index in [-0.39, 0.29) is 5.92 Å². The minimum atomic E-state index is -0.423. The fourth-order valence-electron chi connectivity index (χ4n) is 3.61. The number of carbonyl (C=O) groups excluding carboxylic acids is 1. The van der Waals surface area contributed by atoms with E-state index in [4.69, 9.17) is 16.3 Å². The van der Waals surface area contributed by atoms with Crippen LogP contribution in [0, 0.1) is 11.8 Å². The molecule has 1 amide bonds. The van der Waals surface area contributed by atoms with Gasteiger partial charge < -0.3 is 10.1 Å². The number of nitrogens with one attached hydrogen (secondary N) is 1. The highest BCUT2D eigenvalue weighted by molar-refractivity contribution is 9.10. The van der Waals surface area contributed by atoms with Gasteiger partial charge in [-0.2, -0.15) is 0 Å². The molecule has 1 N–H and O–H groups in total. The number of hydrogen-bond donors (Lipinski definition) is 1. The molecule has 0 saturated carbocycles. The third kappa shape index (κ3) is 4.53. The molecule has 3 nitrogen and oxygen atoms in total. The first-order valence-corrected chi connectivity index (χ1v) is 10.8. The number of alkyl carbamates (subject to hydrolysis) is 1. The monoisotopic (exact) mass is 479 g/mol. The Morgan fingerprint density at radius 1 is 1.03 bits per heavy atom. The first-order chi connectivity index (χ1) is 14.6. The van der Waals surface area contributed by atoms with Gasteiger partial charge in [-0.05, 0) is 56.4 Å². The zero-order chi connectivity index (χ0) is 20.9. The summed E-state index contributed by atoms with van der Waals surface area (Å²) in [7, 11) is 0. The van der Waals surface area contributed by atoms with Crippen molar-refractivity contribution in [1.82, 2.24) is 5.32 Å². The summed E-state index contributed by atoms with van der Waals surface area (Å²) in [6, 6.07) is 22.1. The molecule has 0 bridgehead atoms. The van der Waals surface area contributed by atoms with E-state index < -0.39 is 6.09 Å². The van der Waals surface area contributed by atoms with E-state index >= 15 is 0 Å². The maximum Gasteiger partial charge on any atom is 0.407 e. The van der Waals surface area contributed by atoms with Gasteiger partial charge in [-0.25, -0.2) is 4.79 Å². The lowest BCUT2D eigenvalue weighted by molar-refractivity contribution is 0.143. The second kappa shape index (κ2) is 9.38. The molecular formula is C25H19BrClNO2. The fourth-order valence-corrected chi connectivity index (χ4v) is 4.11. The van der Waals surface area contributed by atoms with Crippen molar-refractivity contribution in [2.75, 3.05) is 13.2 Å². The van der Waals surface area contributed by atoms with Crippen LogP contribution in [0.25, 0.3) is 11.1 Å². The molecule has 150 valence electrons. The molecule has 0 saturated heterocycles. The van der Waals surface area contributed by atoms with Gasteiger partial charge in [0.1, 0.15) is 6.61 Å². The van der Waals surface area contributed by atoms with E-state index in [2.05, 4.69) is 57.4 Å². The summed E-state index contributed by atoms with van der Waals surface area (Å²) >= 11 is 9.36. The summed E-state index contributed by atoms with van der Waals surface area (Å²) < 4.78 is 6.33. The molecule has 4 rings (SSSR count). The van der Waals surface area contributed by atoms with Crippen molar-refractivity contribution in [2.45, 2.75) is 12.3 Å². The Morgan fingerprint density at radius 2 is 1.70 bits per heavy atom. The van der Waals surface area contributed by atoms with Crippen LogP contribution in [-0.2, 0) is 4.74 Å². The molecule has 0 heterocycles. The van der Waals surface area contributed by atoms with Crippen molar-refractivity contribution in [1.29, 1.82) is 0 Å². The van der Waals surface area contributed by atoms with Gasteiger partial charge in [0.25, 0.3) is 0 Å². The molecule has 0 aromatic heterocycles. The highest BCUT2D eigenvalue weighted by Crippen LogP contribution is 2.44. The topological polar surface area (TPSA) is 38.3 Å². The lowest BCUT2D eigenvalue weighted by Crippen LogP contribution is -2.26. The standard InChI is InChI=1S/C25H19BrClNO2/c26-23-15-17(12-13-24(23)27)7-5-6-14-28-25(29)30-16-22-20-10-3-1-8-18(20)19-9-2-4-11-21(19)22/h1-4,8-13,15,22H,6,14,16H2,(H,28,29). The number of benzene rings is 3. The minimum Gasteiger partial charge on any atom is -0.449 e. The van der Waals surface area contributed by atoms with Gasteiger partial charge in [0, 0.05) is 28.9 Å². The number of ether oxygens (including phenoxy) is 1. The van der Waals surface area contributed by atoms with Crippen molar-refractivity contribution in [3.63, 3.8) is 0 Å². The van der Waals surface area contributed by atoms with Crippen LogP contribution in [0.15, 0.2) is 71.2 Å². The zero-order valence-corrected chi connectivity index (χ0v) is 18.5. The highest BCUT2D eigenvalue weighted by atomic mass is 79.9. The molecule has 0 aliphatic heterocycles. The van der Waals surface area contributed by atoms with E-state index in [0.29, 0.717) is 24.6 Å². The predicted molar refractivity (Wildman–Crippen MR) is 124 cm³/mol. The van der Waals surface area contributed by atoms with Crippen LogP contribution in [0.2, 0.25) is 5.02 Å². The van der Waals surface area contributed by atoms with Gasteiger partial charge in [0.2, 0.25) is 0 Å². The smallest absolute Gasteiger partial charge is 0.407 e. The molecule has 3 aromatic rings. The number of halogens is 2. The van der Waals surface area contributed by atoms with Crippen LogP contribution >= 0.6 is 27.5 Å². The largest absolute Gasteiger partial charge is 0.449 e. The first kappa shape index (κ1) is 20.5. The molecule has 0 fully saturated rings. The SMILES string of the molecule is O=C(NCCC#Cc1ccc(Cl)c(Br)c1)OCC1c2ccccc2-c2ccccc21. The quantitative estimate of drug-likeness (QED) is 0.347. The van der Waals surface area contributed by atoms with Gasteiger partial charge in [-0.3, -0.25) is 0 Å². The van der Waals surface area contributed by atoms with Crippen molar-refractivity contribution < 1.29 is 9.53 Å². The Bertz CT molecular complexity index is 1100. The van der Waals surface area contributed by atoms with Crippen LogP contribution in [0.1, 0.15) is 29.0 Å². The predicted octanol–water partition coefficient (Wildman–Crippen LogP) is 6.38. The Labute approximate surface area is 189 Å². The van der Waals surface area contributed by atoms with Gasteiger partial charge in [-0.1, -0.05) is 72.0 Å². The van der Waals surface area contributed by atoms with Gasteiger partial charge in [-0.15, -0.1) is 0 Å². The lowest BCUT2D eigenvalue weighted by atomic mass is 9.98. The molecule has 0 spiro atoms. The second-order valence-electron chi connectivity index (χ2n) is 6.93. The molecular weight excluding hydrogens is 462 g/mol. The number of fused-ring (bicyclic) bond motifs is 3. The van der Waals surface area contributed by atoms with Crippen LogP contribution in [0.5, 0.6) is 0 Å². The van der Waals surface area contributed by atoms with Crippen LogP contribution < -0.4 is 5.32 Å². The average molecular weight is 481 g/mol. The number of amides is 1. The normalized spacial score (nSPS) is 11.8. The summed E-state index contributed by atoms with van der Waals surface area (Å²) in [5.41, 5.74) is 5.70. The zero-order valence-electron chi connectivity index (χ0n) is 16.1. The Hall–Kier alpha value is -2.74. The van der Waals surface area contributed by atoms with Gasteiger partial charge in [0.05, 0.1) is 5.02 Å². The third-order valence-corrected chi connectivity index (χ3v) is 6.23. The van der Waals surface area contributed by atoms with E-state index in [0.717, 1.165) is 10.0 Å².